The van der Waals surface area contributed by atoms with Gasteiger partial charge in [0, 0.05) is 19.6 Å². The quantitative estimate of drug-likeness (QED) is 0.664. The molecule has 1 rings (SSSR count). The molecule has 0 bridgehead atoms. The minimum absolute atomic E-state index is 0.163. The van der Waals surface area contributed by atoms with E-state index in [1.54, 1.807) is 0 Å². The van der Waals surface area contributed by atoms with Gasteiger partial charge in [-0.15, -0.1) is 0 Å². The summed E-state index contributed by atoms with van der Waals surface area (Å²) in [5, 5.41) is 8.55. The lowest BCUT2D eigenvalue weighted by Crippen LogP contribution is -2.01. The average molecular weight is 181 g/mol. The van der Waals surface area contributed by atoms with Crippen LogP contribution in [0.2, 0.25) is 0 Å². The van der Waals surface area contributed by atoms with Crippen LogP contribution in [0.5, 0.6) is 5.75 Å². The van der Waals surface area contributed by atoms with Crippen LogP contribution >= 0.6 is 0 Å². The van der Waals surface area contributed by atoms with Gasteiger partial charge in [0.1, 0.15) is 5.75 Å². The Labute approximate surface area is 78.1 Å². The third kappa shape index (κ3) is 3.44. The molecule has 1 aromatic rings. The first-order valence-electron chi connectivity index (χ1n) is 4.39. The molecule has 72 valence electrons. The summed E-state index contributed by atoms with van der Waals surface area (Å²) in [7, 11) is 0. The lowest BCUT2D eigenvalue weighted by atomic mass is 10.2. The van der Waals surface area contributed by atoms with E-state index in [4.69, 9.17) is 15.6 Å². The molecule has 13 heavy (non-hydrogen) atoms. The van der Waals surface area contributed by atoms with Crippen molar-refractivity contribution in [2.45, 2.75) is 13.0 Å². The SMILES string of the molecule is NCc1cccc(OCCCO)c1. The topological polar surface area (TPSA) is 55.5 Å². The monoisotopic (exact) mass is 181 g/mol. The van der Waals surface area contributed by atoms with Crippen LogP contribution in [0.25, 0.3) is 0 Å². The number of hydrogen-bond donors (Lipinski definition) is 2. The van der Waals surface area contributed by atoms with Gasteiger partial charge in [-0.05, 0) is 17.7 Å². The lowest BCUT2D eigenvalue weighted by molar-refractivity contribution is 0.233. The molecule has 3 N–H and O–H groups in total. The van der Waals surface area contributed by atoms with Gasteiger partial charge in [-0.1, -0.05) is 12.1 Å². The van der Waals surface area contributed by atoms with Gasteiger partial charge in [0.05, 0.1) is 6.61 Å². The molecular weight excluding hydrogens is 166 g/mol. The van der Waals surface area contributed by atoms with Crippen molar-refractivity contribution in [3.8, 4) is 5.75 Å². The molecule has 0 saturated carbocycles. The zero-order chi connectivity index (χ0) is 9.52. The minimum atomic E-state index is 0.163. The van der Waals surface area contributed by atoms with E-state index in [1.807, 2.05) is 24.3 Å². The van der Waals surface area contributed by atoms with Gasteiger partial charge in [-0.25, -0.2) is 0 Å². The maximum Gasteiger partial charge on any atom is 0.119 e. The highest BCUT2D eigenvalue weighted by molar-refractivity contribution is 5.28. The molecule has 0 aliphatic heterocycles. The fraction of sp³-hybridized carbons (Fsp3) is 0.400. The van der Waals surface area contributed by atoms with Crippen molar-refractivity contribution in [1.29, 1.82) is 0 Å². The van der Waals surface area contributed by atoms with Crippen LogP contribution in [0.15, 0.2) is 24.3 Å². The van der Waals surface area contributed by atoms with Gasteiger partial charge in [0.25, 0.3) is 0 Å². The molecule has 0 spiro atoms. The molecular formula is C10H15NO2. The van der Waals surface area contributed by atoms with Crippen LogP contribution in [0.4, 0.5) is 0 Å². The van der Waals surface area contributed by atoms with Crippen molar-refractivity contribution in [1.82, 2.24) is 0 Å². The van der Waals surface area contributed by atoms with Crippen LogP contribution in [0, 0.1) is 0 Å². The first-order chi connectivity index (χ1) is 6.36. The van der Waals surface area contributed by atoms with Crippen molar-refractivity contribution < 1.29 is 9.84 Å². The predicted molar refractivity (Wildman–Crippen MR) is 51.5 cm³/mol. The molecule has 0 saturated heterocycles. The second-order valence-corrected chi connectivity index (χ2v) is 2.78. The Morgan fingerprint density at radius 2 is 2.23 bits per heavy atom. The molecule has 0 amide bonds. The Bertz CT molecular complexity index is 250. The Morgan fingerprint density at radius 3 is 2.92 bits per heavy atom. The molecule has 0 aliphatic rings. The second kappa shape index (κ2) is 5.56. The largest absolute Gasteiger partial charge is 0.493 e. The van der Waals surface area contributed by atoms with E-state index in [-0.39, 0.29) is 6.61 Å². The Hall–Kier alpha value is -1.06. The summed E-state index contributed by atoms with van der Waals surface area (Å²) >= 11 is 0. The summed E-state index contributed by atoms with van der Waals surface area (Å²) in [5.74, 6) is 0.816. The van der Waals surface area contributed by atoms with Crippen LogP contribution in [0.1, 0.15) is 12.0 Å². The summed E-state index contributed by atoms with van der Waals surface area (Å²) < 4.78 is 5.37. The second-order valence-electron chi connectivity index (χ2n) is 2.78. The van der Waals surface area contributed by atoms with Crippen LogP contribution in [-0.2, 0) is 6.54 Å². The standard InChI is InChI=1S/C10H15NO2/c11-8-9-3-1-4-10(7-9)13-6-2-5-12/h1,3-4,7,12H,2,5-6,8,11H2. The first-order valence-corrected chi connectivity index (χ1v) is 4.39. The van der Waals surface area contributed by atoms with E-state index in [1.165, 1.54) is 0 Å². The fourth-order valence-corrected chi connectivity index (χ4v) is 1.02. The van der Waals surface area contributed by atoms with Crippen LogP contribution in [0.3, 0.4) is 0 Å². The molecule has 0 unspecified atom stereocenters. The van der Waals surface area contributed by atoms with E-state index < -0.39 is 0 Å². The van der Waals surface area contributed by atoms with Gasteiger partial charge < -0.3 is 15.6 Å². The zero-order valence-electron chi connectivity index (χ0n) is 7.57. The van der Waals surface area contributed by atoms with E-state index in [0.717, 1.165) is 11.3 Å². The van der Waals surface area contributed by atoms with Crippen LogP contribution < -0.4 is 10.5 Å². The fourth-order valence-electron chi connectivity index (χ4n) is 1.02. The predicted octanol–water partition coefficient (Wildman–Crippen LogP) is 0.906. The molecule has 3 heteroatoms. The average Bonchev–Trinajstić information content (AvgIpc) is 2.19. The summed E-state index contributed by atoms with van der Waals surface area (Å²) in [6, 6.07) is 7.67. The number of benzene rings is 1. The molecule has 3 nitrogen and oxygen atoms in total. The summed E-state index contributed by atoms with van der Waals surface area (Å²) in [5.41, 5.74) is 6.53. The van der Waals surface area contributed by atoms with Crippen molar-refractivity contribution in [2.24, 2.45) is 5.73 Å². The minimum Gasteiger partial charge on any atom is -0.493 e. The number of ether oxygens (including phenoxy) is 1. The Balaban J connectivity index is 2.46. The maximum absolute atomic E-state index is 8.55. The number of rotatable bonds is 5. The van der Waals surface area contributed by atoms with Gasteiger partial charge in [0.15, 0.2) is 0 Å². The molecule has 1 aromatic carbocycles. The van der Waals surface area contributed by atoms with Gasteiger partial charge >= 0.3 is 0 Å². The normalized spacial score (nSPS) is 10.0. The summed E-state index contributed by atoms with van der Waals surface area (Å²) in [4.78, 5) is 0. The van der Waals surface area contributed by atoms with Crippen LogP contribution in [-0.4, -0.2) is 18.3 Å². The van der Waals surface area contributed by atoms with Crippen molar-refractivity contribution in [3.05, 3.63) is 29.8 Å². The third-order valence-corrected chi connectivity index (χ3v) is 1.71. The van der Waals surface area contributed by atoms with Gasteiger partial charge in [-0.2, -0.15) is 0 Å². The highest BCUT2D eigenvalue weighted by atomic mass is 16.5. The summed E-state index contributed by atoms with van der Waals surface area (Å²) in [6.07, 6.45) is 0.660. The molecule has 0 aromatic heterocycles. The Kier molecular flexibility index (Phi) is 4.29. The van der Waals surface area contributed by atoms with E-state index in [0.29, 0.717) is 19.6 Å². The molecule has 0 heterocycles. The molecule has 0 radical (unpaired) electrons. The summed E-state index contributed by atoms with van der Waals surface area (Å²) in [6.45, 7) is 1.23. The highest BCUT2D eigenvalue weighted by Crippen LogP contribution is 2.12. The number of hydrogen-bond acceptors (Lipinski definition) is 3. The van der Waals surface area contributed by atoms with Gasteiger partial charge in [-0.3, -0.25) is 0 Å². The lowest BCUT2D eigenvalue weighted by Gasteiger charge is -2.05. The van der Waals surface area contributed by atoms with Crippen molar-refractivity contribution in [2.75, 3.05) is 13.2 Å². The highest BCUT2D eigenvalue weighted by Gasteiger charge is 1.94. The van der Waals surface area contributed by atoms with E-state index in [9.17, 15) is 0 Å². The molecule has 0 aliphatic carbocycles. The zero-order valence-corrected chi connectivity index (χ0v) is 7.57. The Morgan fingerprint density at radius 1 is 1.38 bits per heavy atom. The maximum atomic E-state index is 8.55. The number of aliphatic hydroxyl groups excluding tert-OH is 1. The number of aliphatic hydroxyl groups is 1. The van der Waals surface area contributed by atoms with E-state index in [2.05, 4.69) is 0 Å². The molecule has 0 fully saturated rings. The first kappa shape index (κ1) is 10.0. The smallest absolute Gasteiger partial charge is 0.119 e. The molecule has 0 atom stereocenters. The van der Waals surface area contributed by atoms with Gasteiger partial charge in [0.2, 0.25) is 0 Å². The number of nitrogens with two attached hydrogens (primary N) is 1. The van der Waals surface area contributed by atoms with Crippen molar-refractivity contribution >= 4 is 0 Å². The van der Waals surface area contributed by atoms with Crippen molar-refractivity contribution in [3.63, 3.8) is 0 Å². The van der Waals surface area contributed by atoms with E-state index >= 15 is 0 Å². The third-order valence-electron chi connectivity index (χ3n) is 1.71.